The first kappa shape index (κ1) is 24.2. The smallest absolute Gasteiger partial charge is 0.312 e. The fourth-order valence-electron chi connectivity index (χ4n) is 4.08. The third kappa shape index (κ3) is 5.78. The lowest BCUT2D eigenvalue weighted by Gasteiger charge is -2.36. The van der Waals surface area contributed by atoms with E-state index in [1.54, 1.807) is 47.4 Å². The van der Waals surface area contributed by atoms with Crippen molar-refractivity contribution in [3.05, 3.63) is 65.2 Å². The number of amides is 4. The number of nitrogens with two attached hydrogens (primary N) is 1. The highest BCUT2D eigenvalue weighted by molar-refractivity contribution is 6.35. The molecule has 0 radical (unpaired) electrons. The summed E-state index contributed by atoms with van der Waals surface area (Å²) in [5.74, 6) is -1.40. The van der Waals surface area contributed by atoms with E-state index in [0.717, 1.165) is 5.56 Å². The molecule has 0 bridgehead atoms. The molecular formula is C25H28N4O6. The second kappa shape index (κ2) is 11.0. The number of hydrogen-bond donors (Lipinski definition) is 1. The molecule has 4 amide bonds. The van der Waals surface area contributed by atoms with E-state index >= 15 is 0 Å². The first-order chi connectivity index (χ1) is 16.9. The molecule has 2 saturated heterocycles. The minimum atomic E-state index is -0.575. The number of morpholine rings is 1. The molecule has 2 fully saturated rings. The van der Waals surface area contributed by atoms with Crippen LogP contribution < -0.4 is 10.5 Å². The molecule has 10 nitrogen and oxygen atoms in total. The Balaban J connectivity index is 1.32. The van der Waals surface area contributed by atoms with Gasteiger partial charge in [0.25, 0.3) is 11.8 Å². The number of ether oxygens (including phenoxy) is 2. The van der Waals surface area contributed by atoms with Crippen LogP contribution in [0.1, 0.15) is 26.3 Å². The van der Waals surface area contributed by atoms with Crippen LogP contribution in [0.15, 0.2) is 48.5 Å². The summed E-state index contributed by atoms with van der Waals surface area (Å²) in [6.45, 7) is 3.14. The molecule has 0 atom stereocenters. The number of carbonyl (C=O) groups excluding carboxylic acids is 4. The lowest BCUT2D eigenvalue weighted by Crippen LogP contribution is -2.55. The maximum atomic E-state index is 13.1. The fourth-order valence-corrected chi connectivity index (χ4v) is 4.08. The molecule has 2 N–H and O–H groups in total. The highest BCUT2D eigenvalue weighted by atomic mass is 16.5. The Kier molecular flexibility index (Phi) is 7.61. The van der Waals surface area contributed by atoms with Crippen molar-refractivity contribution in [2.24, 2.45) is 5.73 Å². The average molecular weight is 481 g/mol. The van der Waals surface area contributed by atoms with Crippen LogP contribution >= 0.6 is 0 Å². The van der Waals surface area contributed by atoms with Crippen molar-refractivity contribution in [3.8, 4) is 5.75 Å². The maximum absolute atomic E-state index is 13.1. The summed E-state index contributed by atoms with van der Waals surface area (Å²) in [6.07, 6.45) is 0. The number of primary amides is 1. The lowest BCUT2D eigenvalue weighted by molar-refractivity contribution is -0.154. The molecule has 35 heavy (non-hydrogen) atoms. The van der Waals surface area contributed by atoms with Gasteiger partial charge in [0.1, 0.15) is 12.4 Å². The molecule has 2 aliphatic rings. The van der Waals surface area contributed by atoms with Crippen molar-refractivity contribution in [2.45, 2.75) is 6.61 Å². The molecule has 0 unspecified atom stereocenters. The second-order valence-electron chi connectivity index (χ2n) is 8.34. The molecule has 0 aliphatic carbocycles. The summed E-state index contributed by atoms with van der Waals surface area (Å²) in [5, 5.41) is 0. The molecule has 2 aromatic carbocycles. The van der Waals surface area contributed by atoms with Crippen molar-refractivity contribution >= 4 is 23.6 Å². The van der Waals surface area contributed by atoms with Crippen molar-refractivity contribution in [1.82, 2.24) is 14.7 Å². The number of para-hydroxylation sites is 1. The normalized spacial score (nSPS) is 16.1. The van der Waals surface area contributed by atoms with Gasteiger partial charge in [-0.1, -0.05) is 24.3 Å². The van der Waals surface area contributed by atoms with Crippen molar-refractivity contribution in [2.75, 3.05) is 52.5 Å². The van der Waals surface area contributed by atoms with Crippen LogP contribution in [0.5, 0.6) is 5.75 Å². The summed E-state index contributed by atoms with van der Waals surface area (Å²) in [5.41, 5.74) is 6.95. The number of piperazine rings is 1. The van der Waals surface area contributed by atoms with E-state index in [9.17, 15) is 19.2 Å². The number of benzene rings is 2. The minimum Gasteiger partial charge on any atom is -0.488 e. The van der Waals surface area contributed by atoms with Crippen molar-refractivity contribution < 1.29 is 28.7 Å². The van der Waals surface area contributed by atoms with E-state index in [2.05, 4.69) is 0 Å². The number of carbonyl (C=O) groups is 4. The monoisotopic (exact) mass is 480 g/mol. The highest BCUT2D eigenvalue weighted by Gasteiger charge is 2.31. The molecule has 10 heteroatoms. The summed E-state index contributed by atoms with van der Waals surface area (Å²) in [4.78, 5) is 54.4. The molecule has 2 aliphatic heterocycles. The summed E-state index contributed by atoms with van der Waals surface area (Å²) in [6, 6.07) is 13.8. The molecule has 0 spiro atoms. The SMILES string of the molecule is NC(=O)c1ccccc1OCc1cccc(C(=O)N2CCN(C(=O)C(=O)N3CCOCC3)CC2)c1. The third-order valence-electron chi connectivity index (χ3n) is 6.06. The molecule has 184 valence electrons. The Labute approximate surface area is 203 Å². The predicted molar refractivity (Wildman–Crippen MR) is 126 cm³/mol. The van der Waals surface area contributed by atoms with E-state index in [4.69, 9.17) is 15.2 Å². The Morgan fingerprint density at radius 1 is 0.800 bits per heavy atom. The van der Waals surface area contributed by atoms with Gasteiger partial charge in [0.05, 0.1) is 18.8 Å². The lowest BCUT2D eigenvalue weighted by atomic mass is 10.1. The largest absolute Gasteiger partial charge is 0.488 e. The van der Waals surface area contributed by atoms with E-state index in [0.29, 0.717) is 69.4 Å². The van der Waals surface area contributed by atoms with Crippen LogP contribution in [-0.4, -0.2) is 90.8 Å². The van der Waals surface area contributed by atoms with Gasteiger partial charge < -0.3 is 29.9 Å². The zero-order valence-electron chi connectivity index (χ0n) is 19.4. The number of rotatable bonds is 5. The molecule has 2 heterocycles. The summed E-state index contributed by atoms with van der Waals surface area (Å²) in [7, 11) is 0. The van der Waals surface area contributed by atoms with Gasteiger partial charge in [-0.3, -0.25) is 19.2 Å². The summed E-state index contributed by atoms with van der Waals surface area (Å²) < 4.78 is 11.0. The zero-order chi connectivity index (χ0) is 24.8. The fraction of sp³-hybridized carbons (Fsp3) is 0.360. The minimum absolute atomic E-state index is 0.156. The second-order valence-corrected chi connectivity index (χ2v) is 8.34. The van der Waals surface area contributed by atoms with E-state index in [-0.39, 0.29) is 12.5 Å². The number of hydrogen-bond acceptors (Lipinski definition) is 6. The molecular weight excluding hydrogens is 452 g/mol. The molecule has 4 rings (SSSR count). The van der Waals surface area contributed by atoms with Gasteiger partial charge in [0.15, 0.2) is 0 Å². The predicted octanol–water partition coefficient (Wildman–Crippen LogP) is 0.508. The van der Waals surface area contributed by atoms with Crippen molar-refractivity contribution in [3.63, 3.8) is 0 Å². The highest BCUT2D eigenvalue weighted by Crippen LogP contribution is 2.19. The van der Waals surface area contributed by atoms with Gasteiger partial charge in [-0.25, -0.2) is 0 Å². The Hall–Kier alpha value is -3.92. The average Bonchev–Trinajstić information content (AvgIpc) is 2.91. The van der Waals surface area contributed by atoms with E-state index in [1.165, 1.54) is 9.80 Å². The first-order valence-corrected chi connectivity index (χ1v) is 11.5. The van der Waals surface area contributed by atoms with Crippen LogP contribution in [0.4, 0.5) is 0 Å². The van der Waals surface area contributed by atoms with Gasteiger partial charge in [0, 0.05) is 44.8 Å². The van der Waals surface area contributed by atoms with Crippen LogP contribution in [0.25, 0.3) is 0 Å². The topological polar surface area (TPSA) is 122 Å². The van der Waals surface area contributed by atoms with E-state index in [1.807, 2.05) is 6.07 Å². The molecule has 0 aromatic heterocycles. The Morgan fingerprint density at radius 2 is 1.43 bits per heavy atom. The first-order valence-electron chi connectivity index (χ1n) is 11.5. The van der Waals surface area contributed by atoms with Gasteiger partial charge in [-0.2, -0.15) is 0 Å². The van der Waals surface area contributed by atoms with Crippen LogP contribution in [0.2, 0.25) is 0 Å². The van der Waals surface area contributed by atoms with Gasteiger partial charge in [0.2, 0.25) is 0 Å². The Morgan fingerprint density at radius 3 is 2.11 bits per heavy atom. The quantitative estimate of drug-likeness (QED) is 0.622. The van der Waals surface area contributed by atoms with Gasteiger partial charge in [-0.15, -0.1) is 0 Å². The van der Waals surface area contributed by atoms with Crippen LogP contribution in [0.3, 0.4) is 0 Å². The van der Waals surface area contributed by atoms with Crippen LogP contribution in [0, 0.1) is 0 Å². The van der Waals surface area contributed by atoms with E-state index < -0.39 is 17.7 Å². The standard InChI is InChI=1S/C25H28N4O6/c26-22(30)20-6-1-2-7-21(20)35-17-18-4-3-5-19(16-18)23(31)27-8-10-28(11-9-27)24(32)25(33)29-12-14-34-15-13-29/h1-7,16H,8-15,17H2,(H2,26,30). The summed E-state index contributed by atoms with van der Waals surface area (Å²) >= 11 is 0. The number of nitrogens with zero attached hydrogens (tertiary/aromatic N) is 3. The van der Waals surface area contributed by atoms with Gasteiger partial charge >= 0.3 is 11.8 Å². The van der Waals surface area contributed by atoms with Crippen LogP contribution in [-0.2, 0) is 20.9 Å². The third-order valence-corrected chi connectivity index (χ3v) is 6.06. The molecule has 2 aromatic rings. The molecule has 0 saturated carbocycles. The maximum Gasteiger partial charge on any atom is 0.312 e. The zero-order valence-corrected chi connectivity index (χ0v) is 19.4. The Bertz CT molecular complexity index is 1110. The van der Waals surface area contributed by atoms with Crippen molar-refractivity contribution in [1.29, 1.82) is 0 Å². The van der Waals surface area contributed by atoms with Gasteiger partial charge in [-0.05, 0) is 29.8 Å².